The molecule has 0 fully saturated rings. The smallest absolute Gasteiger partial charge is 0.120 e. The van der Waals surface area contributed by atoms with Crippen molar-refractivity contribution in [1.29, 1.82) is 0 Å². The molecule has 4 heteroatoms. The van der Waals surface area contributed by atoms with Gasteiger partial charge in [0.2, 0.25) is 0 Å². The quantitative estimate of drug-likeness (QED) is 0.168. The summed E-state index contributed by atoms with van der Waals surface area (Å²) in [6.45, 7) is 25.5. The normalized spacial score (nSPS) is 12.9. The zero-order valence-corrected chi connectivity index (χ0v) is 30.1. The molecule has 44 heavy (non-hydrogen) atoms. The largest absolute Gasteiger partial charge is 0.372 e. The van der Waals surface area contributed by atoms with Crippen LogP contribution in [0.15, 0.2) is 60.0 Å². The van der Waals surface area contributed by atoms with E-state index in [1.165, 1.54) is 59.6 Å². The van der Waals surface area contributed by atoms with Crippen LogP contribution in [0.4, 0.5) is 5.69 Å². The van der Waals surface area contributed by atoms with E-state index in [9.17, 15) is 0 Å². The van der Waals surface area contributed by atoms with Crippen LogP contribution in [0.25, 0.3) is 21.3 Å². The van der Waals surface area contributed by atoms with Crippen molar-refractivity contribution in [1.82, 2.24) is 4.98 Å². The highest BCUT2D eigenvalue weighted by atomic mass is 32.1. The lowest BCUT2D eigenvalue weighted by atomic mass is 9.81. The molecule has 0 aliphatic carbocycles. The van der Waals surface area contributed by atoms with Gasteiger partial charge >= 0.3 is 0 Å². The van der Waals surface area contributed by atoms with Gasteiger partial charge in [-0.1, -0.05) is 118 Å². The lowest BCUT2D eigenvalue weighted by Gasteiger charge is -2.31. The van der Waals surface area contributed by atoms with Crippen molar-refractivity contribution in [2.24, 2.45) is 0 Å². The van der Waals surface area contributed by atoms with Crippen LogP contribution in [0, 0.1) is 6.92 Å². The van der Waals surface area contributed by atoms with Crippen molar-refractivity contribution in [2.45, 2.75) is 112 Å². The van der Waals surface area contributed by atoms with Gasteiger partial charge < -0.3 is 5.32 Å². The highest BCUT2D eigenvalue weighted by molar-refractivity contribution is 7.19. The summed E-state index contributed by atoms with van der Waals surface area (Å²) in [5.41, 5.74) is 12.1. The third-order valence-electron chi connectivity index (χ3n) is 8.92. The maximum atomic E-state index is 5.51. The summed E-state index contributed by atoms with van der Waals surface area (Å²) in [6.07, 6.45) is 0. The molecule has 0 bridgehead atoms. The molecular weight excluding hydrogens is 573 g/mol. The fraction of sp³-hybridized carbons (Fsp3) is 0.425. The number of aryl methyl sites for hydroxylation is 1. The number of nitrogens with one attached hydrogen (secondary N) is 1. The van der Waals surface area contributed by atoms with Crippen LogP contribution in [0.3, 0.4) is 0 Å². The molecule has 5 rings (SSSR count). The average molecular weight is 623 g/mol. The number of para-hydroxylation sites is 1. The Balaban J connectivity index is 1.79. The Kier molecular flexibility index (Phi) is 9.72. The Hall–Kier alpha value is -2.95. The number of benzene rings is 3. The Bertz CT molecular complexity index is 1690. The first kappa shape index (κ1) is 32.4. The van der Waals surface area contributed by atoms with Crippen molar-refractivity contribution in [3.63, 3.8) is 0 Å². The zero-order chi connectivity index (χ0) is 31.9. The molecule has 0 amide bonds. The molecular formula is C40H50N2S2. The highest BCUT2D eigenvalue weighted by Gasteiger charge is 2.30. The predicted octanol–water partition coefficient (Wildman–Crippen LogP) is 13.2. The fourth-order valence-electron chi connectivity index (χ4n) is 6.49. The number of thiophene rings is 1. The van der Waals surface area contributed by atoms with Crippen LogP contribution in [-0.2, 0) is 0 Å². The maximum Gasteiger partial charge on any atom is 0.120 e. The molecule has 0 aliphatic rings. The van der Waals surface area contributed by atoms with Gasteiger partial charge in [-0.15, -0.1) is 22.7 Å². The summed E-state index contributed by atoms with van der Waals surface area (Å²) < 4.78 is 1.32. The Morgan fingerprint density at radius 2 is 1.23 bits per heavy atom. The van der Waals surface area contributed by atoms with Crippen molar-refractivity contribution in [2.75, 3.05) is 5.32 Å². The van der Waals surface area contributed by atoms with E-state index < -0.39 is 0 Å². The lowest BCUT2D eigenvalue weighted by Crippen LogP contribution is -2.20. The number of aromatic nitrogens is 1. The number of anilines is 1. The Morgan fingerprint density at radius 1 is 0.659 bits per heavy atom. The Labute approximate surface area is 274 Å². The minimum Gasteiger partial charge on any atom is -0.372 e. The fourth-order valence-corrected chi connectivity index (χ4v) is 8.43. The van der Waals surface area contributed by atoms with Crippen molar-refractivity contribution < 1.29 is 0 Å². The van der Waals surface area contributed by atoms with E-state index in [1.807, 2.05) is 11.3 Å². The molecule has 1 atom stereocenters. The number of nitrogens with zero attached hydrogens (tertiary/aromatic N) is 1. The number of fused-ring (bicyclic) bond motifs is 1. The predicted molar refractivity (Wildman–Crippen MR) is 196 cm³/mol. The minimum absolute atomic E-state index is 0.0626. The van der Waals surface area contributed by atoms with Crippen LogP contribution in [-0.4, -0.2) is 4.98 Å². The van der Waals surface area contributed by atoms with Crippen LogP contribution in [0.5, 0.6) is 0 Å². The minimum atomic E-state index is -0.0626. The van der Waals surface area contributed by atoms with Gasteiger partial charge in [0.25, 0.3) is 0 Å². The van der Waals surface area contributed by atoms with Crippen molar-refractivity contribution in [3.05, 3.63) is 103 Å². The first-order valence-electron chi connectivity index (χ1n) is 16.4. The lowest BCUT2D eigenvalue weighted by molar-refractivity contribution is 0.750. The molecule has 3 aromatic carbocycles. The molecule has 1 N–H and O–H groups in total. The van der Waals surface area contributed by atoms with Crippen LogP contribution in [0.2, 0.25) is 0 Å². The topological polar surface area (TPSA) is 24.9 Å². The van der Waals surface area contributed by atoms with Gasteiger partial charge in [-0.25, -0.2) is 4.98 Å². The molecule has 0 saturated heterocycles. The molecule has 2 heterocycles. The summed E-state index contributed by atoms with van der Waals surface area (Å²) >= 11 is 3.66. The molecule has 0 spiro atoms. The Morgan fingerprint density at radius 3 is 1.77 bits per heavy atom. The first-order chi connectivity index (χ1) is 20.9. The average Bonchev–Trinajstić information content (AvgIpc) is 3.58. The van der Waals surface area contributed by atoms with Crippen molar-refractivity contribution in [3.8, 4) is 11.3 Å². The summed E-state index contributed by atoms with van der Waals surface area (Å²) in [4.78, 5) is 6.83. The number of thiazole rings is 1. The third kappa shape index (κ3) is 6.26. The standard InChI is InChI=1S/C40H50N2S2/c1-22(2)28-19-32(25(7)8)37(33(20-28)26(9)10)39(42-38-29(23(3)4)16-14-17-30(38)24(5)6)40-41-34(21-43-40)36-27(11)44-35-18-13-12-15-31(35)36/h12-26,39,42H,1-11H3. The van der Waals surface area contributed by atoms with Gasteiger partial charge in [-0.05, 0) is 76.0 Å². The maximum absolute atomic E-state index is 5.51. The van der Waals surface area contributed by atoms with Crippen LogP contribution < -0.4 is 5.32 Å². The van der Waals surface area contributed by atoms with E-state index in [0.717, 1.165) is 10.7 Å². The second kappa shape index (κ2) is 13.2. The van der Waals surface area contributed by atoms with E-state index in [2.05, 4.69) is 141 Å². The van der Waals surface area contributed by atoms with Crippen LogP contribution >= 0.6 is 22.7 Å². The summed E-state index contributed by atoms with van der Waals surface area (Å²) in [5, 5.41) is 8.93. The number of rotatable bonds is 10. The van der Waals surface area contributed by atoms with Crippen LogP contribution in [0.1, 0.15) is 148 Å². The van der Waals surface area contributed by atoms with Gasteiger partial charge in [-0.2, -0.15) is 0 Å². The second-order valence-corrected chi connectivity index (χ2v) is 16.0. The van der Waals surface area contributed by atoms with E-state index >= 15 is 0 Å². The molecule has 0 radical (unpaired) electrons. The molecule has 2 aromatic heterocycles. The number of hydrogen-bond donors (Lipinski definition) is 1. The van der Waals surface area contributed by atoms with E-state index in [1.54, 1.807) is 11.3 Å². The molecule has 5 aromatic rings. The van der Waals surface area contributed by atoms with Crippen molar-refractivity contribution >= 4 is 38.4 Å². The van der Waals surface area contributed by atoms with E-state index in [0.29, 0.717) is 29.6 Å². The SMILES string of the molecule is Cc1sc2ccccc2c1-c1csc(C(Nc2c(C(C)C)cccc2C(C)C)c2c(C(C)C)cc(C(C)C)cc2C(C)C)n1. The monoisotopic (exact) mass is 622 g/mol. The van der Waals surface area contributed by atoms with E-state index in [-0.39, 0.29) is 6.04 Å². The number of hydrogen-bond acceptors (Lipinski definition) is 4. The highest BCUT2D eigenvalue weighted by Crippen LogP contribution is 2.45. The molecule has 0 aliphatic heterocycles. The van der Waals surface area contributed by atoms with Gasteiger partial charge in [0.1, 0.15) is 11.0 Å². The molecule has 2 nitrogen and oxygen atoms in total. The van der Waals surface area contributed by atoms with Gasteiger partial charge in [0.05, 0.1) is 5.69 Å². The molecule has 1 unspecified atom stereocenters. The van der Waals surface area contributed by atoms with Gasteiger partial charge in [-0.3, -0.25) is 0 Å². The first-order valence-corrected chi connectivity index (χ1v) is 18.1. The van der Waals surface area contributed by atoms with E-state index in [4.69, 9.17) is 4.98 Å². The summed E-state index contributed by atoms with van der Waals surface area (Å²) in [5.74, 6) is 2.05. The molecule has 0 saturated carbocycles. The summed E-state index contributed by atoms with van der Waals surface area (Å²) in [6, 6.07) is 20.5. The zero-order valence-electron chi connectivity index (χ0n) is 28.5. The third-order valence-corrected chi connectivity index (χ3v) is 10.9. The second-order valence-electron chi connectivity index (χ2n) is 13.9. The van der Waals surface area contributed by atoms with Gasteiger partial charge in [0.15, 0.2) is 0 Å². The summed E-state index contributed by atoms with van der Waals surface area (Å²) in [7, 11) is 0. The van der Waals surface area contributed by atoms with Gasteiger partial charge in [0, 0.05) is 31.6 Å². The molecule has 232 valence electrons.